The van der Waals surface area contributed by atoms with Crippen LogP contribution >= 0.6 is 0 Å². The molecule has 0 spiro atoms. The second-order valence-electron chi connectivity index (χ2n) is 1.60. The molecule has 0 amide bonds. The van der Waals surface area contributed by atoms with Crippen LogP contribution in [0, 0.1) is 0 Å². The van der Waals surface area contributed by atoms with E-state index in [-0.39, 0.29) is 48.2 Å². The Kier molecular flexibility index (Phi) is 8.27. The fraction of sp³-hybridized carbons (Fsp3) is 0.600. The van der Waals surface area contributed by atoms with Crippen LogP contribution in [-0.2, 0) is 9.59 Å². The van der Waals surface area contributed by atoms with Crippen molar-refractivity contribution < 1.29 is 14.7 Å². The van der Waals surface area contributed by atoms with Crippen LogP contribution in [0.1, 0.15) is 19.8 Å². The minimum absolute atomic E-state index is 0. The van der Waals surface area contributed by atoms with E-state index < -0.39 is 5.97 Å². The van der Waals surface area contributed by atoms with Crippen molar-refractivity contribution in [1.29, 1.82) is 0 Å². The third-order valence-electron chi connectivity index (χ3n) is 0.691. The summed E-state index contributed by atoms with van der Waals surface area (Å²) < 4.78 is 0. The fourth-order valence-electron chi connectivity index (χ4n) is 0.283. The summed E-state index contributed by atoms with van der Waals surface area (Å²) >= 11 is 0. The van der Waals surface area contributed by atoms with Crippen LogP contribution in [0.3, 0.4) is 0 Å². The van der Waals surface area contributed by atoms with Crippen LogP contribution in [0.5, 0.6) is 0 Å². The minimum Gasteiger partial charge on any atom is -0.481 e. The molecule has 0 aliphatic carbocycles. The summed E-state index contributed by atoms with van der Waals surface area (Å²) in [6.07, 6.45) is 0.102. The predicted octanol–water partition coefficient (Wildman–Crippen LogP) is 0.0594. The van der Waals surface area contributed by atoms with E-state index in [0.29, 0.717) is 0 Å². The summed E-state index contributed by atoms with van der Waals surface area (Å²) in [7, 11) is 0. The monoisotopic (exact) mass is 139 g/mol. The fourth-order valence-corrected chi connectivity index (χ4v) is 0.283. The molecule has 0 aromatic rings. The Labute approximate surface area is 75.7 Å². The zero-order chi connectivity index (χ0) is 6.57. The van der Waals surface area contributed by atoms with Gasteiger partial charge in [0.05, 0.1) is 6.42 Å². The number of hydrogen-bond acceptors (Lipinski definition) is 2. The summed E-state index contributed by atoms with van der Waals surface area (Å²) in [5.74, 6) is -0.993. The van der Waals surface area contributed by atoms with Gasteiger partial charge in [0.1, 0.15) is 5.78 Å². The van der Waals surface area contributed by atoms with Crippen molar-refractivity contribution in [2.24, 2.45) is 0 Å². The smallest absolute Gasteiger partial charge is 0.303 e. The van der Waals surface area contributed by atoms with Crippen LogP contribution in [0.15, 0.2) is 0 Å². The van der Waals surface area contributed by atoms with Crippen molar-refractivity contribution in [2.45, 2.75) is 19.8 Å². The number of carbonyl (C=O) groups excluding carboxylic acids is 1. The number of Topliss-reactive ketones (excluding diaryl/α,β-unsaturated/α-hetero) is 1. The summed E-state index contributed by atoms with van der Waals surface area (Å²) in [5.41, 5.74) is 0. The zero-order valence-corrected chi connectivity index (χ0v) is 7.68. The Balaban J connectivity index is 0. The standard InChI is InChI=1S/C5H8O3.Na/c1-4(6)2-3-5(7)8;/h2-3H2,1H3,(H,7,8);. The summed E-state index contributed by atoms with van der Waals surface area (Å²) in [6, 6.07) is 0. The topological polar surface area (TPSA) is 54.4 Å². The summed E-state index contributed by atoms with van der Waals surface area (Å²) in [5, 5.41) is 8.01. The molecule has 0 aliphatic heterocycles. The molecule has 9 heavy (non-hydrogen) atoms. The van der Waals surface area contributed by atoms with Crippen molar-refractivity contribution in [1.82, 2.24) is 0 Å². The van der Waals surface area contributed by atoms with Crippen molar-refractivity contribution in [3.63, 3.8) is 0 Å². The minimum atomic E-state index is -0.916. The first-order chi connectivity index (χ1) is 3.63. The van der Waals surface area contributed by atoms with Gasteiger partial charge in [-0.15, -0.1) is 0 Å². The number of carboxylic acids is 1. The first kappa shape index (κ1) is 11.9. The molecule has 0 rings (SSSR count). The maximum absolute atomic E-state index is 10.1. The van der Waals surface area contributed by atoms with Gasteiger partial charge in [-0.2, -0.15) is 0 Å². The quantitative estimate of drug-likeness (QED) is 0.562. The van der Waals surface area contributed by atoms with E-state index in [1.807, 2.05) is 0 Å². The van der Waals surface area contributed by atoms with E-state index in [9.17, 15) is 9.59 Å². The van der Waals surface area contributed by atoms with Crippen molar-refractivity contribution in [2.75, 3.05) is 0 Å². The maximum Gasteiger partial charge on any atom is 0.303 e. The number of aliphatic carboxylic acids is 1. The molecule has 0 aromatic carbocycles. The zero-order valence-electron chi connectivity index (χ0n) is 5.68. The largest absolute Gasteiger partial charge is 0.481 e. The van der Waals surface area contributed by atoms with Gasteiger partial charge in [-0.05, 0) is 6.92 Å². The van der Waals surface area contributed by atoms with Gasteiger partial charge in [0.15, 0.2) is 0 Å². The first-order valence-corrected chi connectivity index (χ1v) is 2.34. The molecule has 0 atom stereocenters. The van der Waals surface area contributed by atoms with E-state index in [1.54, 1.807) is 0 Å². The Morgan fingerprint density at radius 3 is 1.89 bits per heavy atom. The SMILES string of the molecule is CC(=O)CCC(=O)O.[Na]. The number of rotatable bonds is 3. The number of hydrogen-bond donors (Lipinski definition) is 1. The summed E-state index contributed by atoms with van der Waals surface area (Å²) in [4.78, 5) is 19.8. The van der Waals surface area contributed by atoms with Crippen molar-refractivity contribution in [3.05, 3.63) is 0 Å². The molecule has 0 aliphatic rings. The van der Waals surface area contributed by atoms with E-state index in [2.05, 4.69) is 0 Å². The van der Waals surface area contributed by atoms with Gasteiger partial charge in [-0.1, -0.05) is 0 Å². The van der Waals surface area contributed by atoms with E-state index in [0.717, 1.165) is 0 Å². The normalized spacial score (nSPS) is 7.67. The van der Waals surface area contributed by atoms with Gasteiger partial charge < -0.3 is 9.90 Å². The van der Waals surface area contributed by atoms with Crippen molar-refractivity contribution >= 4 is 41.3 Å². The van der Waals surface area contributed by atoms with E-state index >= 15 is 0 Å². The van der Waals surface area contributed by atoms with Crippen LogP contribution in [0.25, 0.3) is 0 Å². The molecular formula is C5H8NaO3. The van der Waals surface area contributed by atoms with Gasteiger partial charge in [0.2, 0.25) is 0 Å². The van der Waals surface area contributed by atoms with E-state index in [4.69, 9.17) is 5.11 Å². The van der Waals surface area contributed by atoms with Gasteiger partial charge in [-0.25, -0.2) is 0 Å². The molecule has 0 aromatic heterocycles. The van der Waals surface area contributed by atoms with Gasteiger partial charge in [0, 0.05) is 36.0 Å². The molecule has 4 heteroatoms. The third kappa shape index (κ3) is 11.6. The molecule has 0 saturated carbocycles. The summed E-state index contributed by atoms with van der Waals surface area (Å²) in [6.45, 7) is 1.38. The second kappa shape index (κ2) is 6.26. The Morgan fingerprint density at radius 2 is 1.78 bits per heavy atom. The van der Waals surface area contributed by atoms with E-state index in [1.165, 1.54) is 6.92 Å². The predicted molar refractivity (Wildman–Crippen MR) is 33.3 cm³/mol. The van der Waals surface area contributed by atoms with Gasteiger partial charge in [0.25, 0.3) is 0 Å². The van der Waals surface area contributed by atoms with Crippen molar-refractivity contribution in [3.8, 4) is 0 Å². The molecule has 0 saturated heterocycles. The number of carbonyl (C=O) groups is 2. The van der Waals surface area contributed by atoms with Gasteiger partial charge in [-0.3, -0.25) is 4.79 Å². The molecule has 0 unspecified atom stereocenters. The van der Waals surface area contributed by atoms with Crippen LogP contribution < -0.4 is 0 Å². The second-order valence-corrected chi connectivity index (χ2v) is 1.60. The number of ketones is 1. The van der Waals surface area contributed by atoms with Crippen LogP contribution in [0.2, 0.25) is 0 Å². The molecule has 47 valence electrons. The average Bonchev–Trinajstić information content (AvgIpc) is 1.61. The molecule has 0 fully saturated rings. The average molecular weight is 139 g/mol. The van der Waals surface area contributed by atoms with Gasteiger partial charge >= 0.3 is 5.97 Å². The van der Waals surface area contributed by atoms with Crippen LogP contribution in [0.4, 0.5) is 0 Å². The molecule has 1 N–H and O–H groups in total. The Bertz CT molecular complexity index is 96.8. The molecule has 1 radical (unpaired) electrons. The number of carboxylic acid groups (broad SMARTS) is 1. The molecule has 0 bridgehead atoms. The Morgan fingerprint density at radius 1 is 1.33 bits per heavy atom. The maximum atomic E-state index is 10.1. The molecular weight excluding hydrogens is 131 g/mol. The van der Waals surface area contributed by atoms with Crippen LogP contribution in [-0.4, -0.2) is 46.4 Å². The molecule has 3 nitrogen and oxygen atoms in total. The Hall–Kier alpha value is 0.140. The molecule has 0 heterocycles. The third-order valence-corrected chi connectivity index (χ3v) is 0.691. The first-order valence-electron chi connectivity index (χ1n) is 2.34.